The average Bonchev–Trinajstić information content (AvgIpc) is 2.71. The van der Waals surface area contributed by atoms with Crippen LogP contribution in [-0.2, 0) is 4.79 Å². The van der Waals surface area contributed by atoms with E-state index in [0.717, 1.165) is 24.3 Å². The van der Waals surface area contributed by atoms with E-state index in [4.69, 9.17) is 0 Å². The first-order chi connectivity index (χ1) is 9.50. The van der Waals surface area contributed by atoms with Crippen LogP contribution in [0.3, 0.4) is 0 Å². The van der Waals surface area contributed by atoms with Gasteiger partial charge >= 0.3 is 0 Å². The maximum Gasteiger partial charge on any atom is 0.246 e. The zero-order valence-corrected chi connectivity index (χ0v) is 12.5. The van der Waals surface area contributed by atoms with E-state index in [0.29, 0.717) is 5.41 Å². The number of hydrogen-bond acceptors (Lipinski definition) is 3. The van der Waals surface area contributed by atoms with Crippen LogP contribution in [0.15, 0.2) is 18.2 Å². The normalized spacial score (nSPS) is 24.4. The van der Waals surface area contributed by atoms with Crippen molar-refractivity contribution < 1.29 is 4.79 Å². The highest BCUT2D eigenvalue weighted by Gasteiger charge is 2.31. The summed E-state index contributed by atoms with van der Waals surface area (Å²) in [6, 6.07) is 6.12. The zero-order chi connectivity index (χ0) is 14.3. The zero-order valence-electron chi connectivity index (χ0n) is 12.5. The molecule has 0 bridgehead atoms. The third-order valence-corrected chi connectivity index (χ3v) is 4.42. The van der Waals surface area contributed by atoms with Crippen LogP contribution < -0.4 is 15.5 Å². The van der Waals surface area contributed by atoms with Crippen molar-refractivity contribution in [1.82, 2.24) is 5.32 Å². The lowest BCUT2D eigenvalue weighted by Crippen LogP contribution is -2.40. The lowest BCUT2D eigenvalue weighted by Gasteiger charge is -2.39. The topological polar surface area (TPSA) is 44.4 Å². The minimum Gasteiger partial charge on any atom is -0.371 e. The Labute approximate surface area is 120 Å². The van der Waals surface area contributed by atoms with Crippen molar-refractivity contribution in [3.05, 3.63) is 23.8 Å². The van der Waals surface area contributed by atoms with E-state index >= 15 is 0 Å². The molecule has 3 rings (SSSR count). The number of fused-ring (bicyclic) bond motifs is 1. The molecule has 4 nitrogen and oxygen atoms in total. The van der Waals surface area contributed by atoms with E-state index in [2.05, 4.69) is 47.6 Å². The highest BCUT2D eigenvalue weighted by Crippen LogP contribution is 2.36. The Kier molecular flexibility index (Phi) is 3.21. The second kappa shape index (κ2) is 4.77. The molecule has 0 aromatic heterocycles. The van der Waals surface area contributed by atoms with Crippen LogP contribution >= 0.6 is 0 Å². The summed E-state index contributed by atoms with van der Waals surface area (Å²) < 4.78 is 0. The summed E-state index contributed by atoms with van der Waals surface area (Å²) in [4.78, 5) is 14.3. The first-order valence-electron chi connectivity index (χ1n) is 7.37. The molecule has 2 heterocycles. The molecular formula is C16H23N3O. The molecule has 0 spiro atoms. The van der Waals surface area contributed by atoms with Gasteiger partial charge in [-0.3, -0.25) is 4.79 Å². The van der Waals surface area contributed by atoms with Gasteiger partial charge in [-0.15, -0.1) is 0 Å². The quantitative estimate of drug-likeness (QED) is 0.870. The van der Waals surface area contributed by atoms with Crippen molar-refractivity contribution in [3.8, 4) is 0 Å². The fourth-order valence-electron chi connectivity index (χ4n) is 3.38. The number of carbonyl (C=O) groups is 1. The Hall–Kier alpha value is -1.55. The molecule has 2 aliphatic rings. The Morgan fingerprint density at radius 2 is 2.20 bits per heavy atom. The van der Waals surface area contributed by atoms with E-state index in [1.165, 1.54) is 18.5 Å². The van der Waals surface area contributed by atoms with Crippen LogP contribution in [0.4, 0.5) is 11.4 Å². The maximum atomic E-state index is 11.9. The molecule has 1 aromatic rings. The number of rotatable bonds is 2. The fourth-order valence-corrected chi connectivity index (χ4v) is 3.38. The molecule has 4 heteroatoms. The average molecular weight is 273 g/mol. The molecule has 2 aliphatic heterocycles. The monoisotopic (exact) mass is 273 g/mol. The second-order valence-corrected chi connectivity index (χ2v) is 6.67. The number of benzene rings is 1. The van der Waals surface area contributed by atoms with Crippen molar-refractivity contribution in [2.75, 3.05) is 30.4 Å². The molecule has 2 N–H and O–H groups in total. The molecule has 20 heavy (non-hydrogen) atoms. The maximum absolute atomic E-state index is 11.9. The van der Waals surface area contributed by atoms with Gasteiger partial charge in [0.25, 0.3) is 0 Å². The second-order valence-electron chi connectivity index (χ2n) is 6.67. The summed E-state index contributed by atoms with van der Waals surface area (Å²) in [5, 5.41) is 6.03. The number of nitrogens with zero attached hydrogens (tertiary/aromatic N) is 1. The molecule has 1 aromatic carbocycles. The van der Waals surface area contributed by atoms with Gasteiger partial charge in [0.15, 0.2) is 0 Å². The molecule has 108 valence electrons. The van der Waals surface area contributed by atoms with Gasteiger partial charge in [0.05, 0.1) is 0 Å². The van der Waals surface area contributed by atoms with E-state index in [9.17, 15) is 4.79 Å². The molecule has 0 saturated carbocycles. The molecule has 0 aliphatic carbocycles. The SMILES string of the molecule is CNC1C(=O)Nc2cc(N3CCCC(C)(C)C3)ccc21. The summed E-state index contributed by atoms with van der Waals surface area (Å²) in [6.07, 6.45) is 2.52. The number of likely N-dealkylation sites (N-methyl/N-ethyl adjacent to an activating group) is 1. The fraction of sp³-hybridized carbons (Fsp3) is 0.562. The van der Waals surface area contributed by atoms with E-state index in [1.807, 2.05) is 7.05 Å². The van der Waals surface area contributed by atoms with Gasteiger partial charge in [-0.2, -0.15) is 0 Å². The Balaban J connectivity index is 1.87. The lowest BCUT2D eigenvalue weighted by atomic mass is 9.84. The predicted octanol–water partition coefficient (Wildman–Crippen LogP) is 2.53. The molecular weight excluding hydrogens is 250 g/mol. The summed E-state index contributed by atoms with van der Waals surface area (Å²) >= 11 is 0. The Morgan fingerprint density at radius 1 is 1.40 bits per heavy atom. The van der Waals surface area contributed by atoms with Crippen molar-refractivity contribution in [3.63, 3.8) is 0 Å². The first kappa shape index (κ1) is 13.4. The summed E-state index contributed by atoms with van der Waals surface area (Å²) in [5.74, 6) is 0.0404. The molecule has 1 atom stereocenters. The van der Waals surface area contributed by atoms with Gasteiger partial charge in [0, 0.05) is 30.0 Å². The lowest BCUT2D eigenvalue weighted by molar-refractivity contribution is -0.117. The van der Waals surface area contributed by atoms with Crippen molar-refractivity contribution >= 4 is 17.3 Å². The van der Waals surface area contributed by atoms with Crippen LogP contribution in [0.1, 0.15) is 38.3 Å². The number of hydrogen-bond donors (Lipinski definition) is 2. The van der Waals surface area contributed by atoms with Gasteiger partial charge in [-0.1, -0.05) is 19.9 Å². The summed E-state index contributed by atoms with van der Waals surface area (Å²) in [5.41, 5.74) is 3.59. The number of anilines is 2. The molecule has 1 fully saturated rings. The van der Waals surface area contributed by atoms with Crippen molar-refractivity contribution in [2.24, 2.45) is 5.41 Å². The minimum atomic E-state index is -0.211. The van der Waals surface area contributed by atoms with E-state index in [-0.39, 0.29) is 11.9 Å². The van der Waals surface area contributed by atoms with Crippen LogP contribution in [0.25, 0.3) is 0 Å². The van der Waals surface area contributed by atoms with E-state index < -0.39 is 0 Å². The van der Waals surface area contributed by atoms with Gasteiger partial charge in [0.1, 0.15) is 6.04 Å². The molecule has 1 unspecified atom stereocenters. The van der Waals surface area contributed by atoms with Gasteiger partial charge in [0.2, 0.25) is 5.91 Å². The minimum absolute atomic E-state index is 0.0404. The predicted molar refractivity (Wildman–Crippen MR) is 82.1 cm³/mol. The van der Waals surface area contributed by atoms with Gasteiger partial charge in [-0.05, 0) is 37.4 Å². The third-order valence-electron chi connectivity index (χ3n) is 4.42. The largest absolute Gasteiger partial charge is 0.371 e. The first-order valence-corrected chi connectivity index (χ1v) is 7.37. The van der Waals surface area contributed by atoms with Crippen LogP contribution in [-0.4, -0.2) is 26.0 Å². The summed E-state index contributed by atoms with van der Waals surface area (Å²) in [6.45, 7) is 6.83. The molecule has 1 amide bonds. The Morgan fingerprint density at radius 3 is 2.90 bits per heavy atom. The number of carbonyl (C=O) groups excluding carboxylic acids is 1. The Bertz CT molecular complexity index is 539. The highest BCUT2D eigenvalue weighted by atomic mass is 16.2. The standard InChI is InChI=1S/C16H23N3O/c1-16(2)7-4-8-19(10-16)11-5-6-12-13(9-11)18-15(20)14(12)17-3/h5-6,9,14,17H,4,7-8,10H2,1-3H3,(H,18,20). The van der Waals surface area contributed by atoms with Crippen LogP contribution in [0, 0.1) is 5.41 Å². The third kappa shape index (κ3) is 2.29. The van der Waals surface area contributed by atoms with Crippen LogP contribution in [0.2, 0.25) is 0 Å². The number of nitrogens with one attached hydrogen (secondary N) is 2. The van der Waals surface area contributed by atoms with Gasteiger partial charge in [-0.25, -0.2) is 0 Å². The smallest absolute Gasteiger partial charge is 0.246 e. The molecule has 0 radical (unpaired) electrons. The molecule has 1 saturated heterocycles. The van der Waals surface area contributed by atoms with E-state index in [1.54, 1.807) is 0 Å². The number of amides is 1. The van der Waals surface area contributed by atoms with Crippen molar-refractivity contribution in [2.45, 2.75) is 32.7 Å². The summed E-state index contributed by atoms with van der Waals surface area (Å²) in [7, 11) is 1.82. The van der Waals surface area contributed by atoms with Crippen LogP contribution in [0.5, 0.6) is 0 Å². The highest BCUT2D eigenvalue weighted by molar-refractivity contribution is 6.03. The number of piperidine rings is 1. The van der Waals surface area contributed by atoms with Crippen molar-refractivity contribution in [1.29, 1.82) is 0 Å². The van der Waals surface area contributed by atoms with Gasteiger partial charge < -0.3 is 15.5 Å².